The van der Waals surface area contributed by atoms with Crippen LogP contribution in [-0.2, 0) is 0 Å². The predicted octanol–water partition coefficient (Wildman–Crippen LogP) is 3.88. The van der Waals surface area contributed by atoms with Crippen LogP contribution in [-0.4, -0.2) is 25.2 Å². The van der Waals surface area contributed by atoms with E-state index in [2.05, 4.69) is 75.3 Å². The molecule has 0 amide bonds. The molecule has 0 spiro atoms. The first-order valence-electron chi connectivity index (χ1n) is 7.89. The van der Waals surface area contributed by atoms with Gasteiger partial charge in [-0.3, -0.25) is 5.32 Å². The summed E-state index contributed by atoms with van der Waals surface area (Å²) in [6.45, 7) is 9.35. The van der Waals surface area contributed by atoms with Gasteiger partial charge in [0.15, 0.2) is 0 Å². The van der Waals surface area contributed by atoms with Crippen molar-refractivity contribution in [1.82, 2.24) is 5.32 Å². The van der Waals surface area contributed by atoms with Crippen LogP contribution >= 0.6 is 0 Å². The van der Waals surface area contributed by atoms with Gasteiger partial charge in [0.2, 0.25) is 0 Å². The lowest BCUT2D eigenvalue weighted by atomic mass is 9.91. The topological polar surface area (TPSA) is 39.1 Å². The molecule has 0 bridgehead atoms. The standard InChI is InChI=1S/C18H29N3/c1-6-18(14-19,20-15(2)3)12-7-13-21(5)17-10-8-16(4)9-11-17/h8-11,15,20H,6-7,12-13H2,1-5H3. The lowest BCUT2D eigenvalue weighted by molar-refractivity contribution is 0.337. The van der Waals surface area contributed by atoms with Crippen LogP contribution in [0.3, 0.4) is 0 Å². The molecule has 116 valence electrons. The number of hydrogen-bond donors (Lipinski definition) is 1. The summed E-state index contributed by atoms with van der Waals surface area (Å²) in [5.41, 5.74) is 2.13. The number of aryl methyl sites for hydroxylation is 1. The maximum Gasteiger partial charge on any atom is 0.106 e. The molecule has 1 rings (SSSR count). The zero-order valence-electron chi connectivity index (χ0n) is 14.1. The van der Waals surface area contributed by atoms with Gasteiger partial charge in [0.05, 0.1) is 6.07 Å². The molecule has 3 heteroatoms. The van der Waals surface area contributed by atoms with Crippen molar-refractivity contribution in [2.24, 2.45) is 0 Å². The molecule has 1 unspecified atom stereocenters. The van der Waals surface area contributed by atoms with E-state index in [9.17, 15) is 5.26 Å². The van der Waals surface area contributed by atoms with Gasteiger partial charge in [-0.1, -0.05) is 24.6 Å². The summed E-state index contributed by atoms with van der Waals surface area (Å²) < 4.78 is 0. The Balaban J connectivity index is 2.54. The summed E-state index contributed by atoms with van der Waals surface area (Å²) in [7, 11) is 2.11. The molecule has 1 atom stereocenters. The maximum absolute atomic E-state index is 9.51. The molecule has 21 heavy (non-hydrogen) atoms. The minimum absolute atomic E-state index is 0.333. The second-order valence-corrected chi connectivity index (χ2v) is 6.21. The molecule has 0 aliphatic heterocycles. The van der Waals surface area contributed by atoms with Crippen molar-refractivity contribution in [3.8, 4) is 6.07 Å². The van der Waals surface area contributed by atoms with E-state index in [0.717, 1.165) is 25.8 Å². The van der Waals surface area contributed by atoms with Crippen LogP contribution in [0.4, 0.5) is 5.69 Å². The molecule has 0 heterocycles. The highest BCUT2D eigenvalue weighted by molar-refractivity contribution is 5.46. The SMILES string of the molecule is CCC(C#N)(CCCN(C)c1ccc(C)cc1)NC(C)C. The highest BCUT2D eigenvalue weighted by Crippen LogP contribution is 2.19. The Morgan fingerprint density at radius 2 is 1.90 bits per heavy atom. The molecule has 1 N–H and O–H groups in total. The highest BCUT2D eigenvalue weighted by atomic mass is 15.1. The molecular formula is C18H29N3. The van der Waals surface area contributed by atoms with Crippen LogP contribution in [0.1, 0.15) is 45.6 Å². The first-order valence-corrected chi connectivity index (χ1v) is 7.89. The Morgan fingerprint density at radius 3 is 2.38 bits per heavy atom. The maximum atomic E-state index is 9.51. The van der Waals surface area contributed by atoms with Gasteiger partial charge in [-0.25, -0.2) is 0 Å². The van der Waals surface area contributed by atoms with Crippen molar-refractivity contribution in [3.63, 3.8) is 0 Å². The van der Waals surface area contributed by atoms with E-state index in [4.69, 9.17) is 0 Å². The molecule has 1 aromatic carbocycles. The third-order valence-corrected chi connectivity index (χ3v) is 3.95. The van der Waals surface area contributed by atoms with Gasteiger partial charge in [-0.2, -0.15) is 5.26 Å². The lowest BCUT2D eigenvalue weighted by Gasteiger charge is -2.30. The number of anilines is 1. The fraction of sp³-hybridized carbons (Fsp3) is 0.611. The van der Waals surface area contributed by atoms with E-state index in [1.807, 2.05) is 0 Å². The molecule has 0 aliphatic carbocycles. The van der Waals surface area contributed by atoms with Crippen LogP contribution < -0.4 is 10.2 Å². The van der Waals surface area contributed by atoms with Crippen LogP contribution in [0.15, 0.2) is 24.3 Å². The van der Waals surface area contributed by atoms with Crippen molar-refractivity contribution in [1.29, 1.82) is 5.26 Å². The second kappa shape index (κ2) is 8.05. The first-order chi connectivity index (χ1) is 9.92. The summed E-state index contributed by atoms with van der Waals surface area (Å²) >= 11 is 0. The average Bonchev–Trinajstić information content (AvgIpc) is 2.46. The fourth-order valence-corrected chi connectivity index (χ4v) is 2.62. The second-order valence-electron chi connectivity index (χ2n) is 6.21. The largest absolute Gasteiger partial charge is 0.375 e. The summed E-state index contributed by atoms with van der Waals surface area (Å²) in [5, 5.41) is 12.9. The van der Waals surface area contributed by atoms with Crippen LogP contribution in [0.2, 0.25) is 0 Å². The lowest BCUT2D eigenvalue weighted by Crippen LogP contribution is -2.47. The van der Waals surface area contributed by atoms with Gasteiger partial charge in [0.1, 0.15) is 5.54 Å². The molecule has 0 aromatic heterocycles. The normalized spacial score (nSPS) is 13.8. The molecule has 0 radical (unpaired) electrons. The first kappa shape index (κ1) is 17.5. The van der Waals surface area contributed by atoms with Gasteiger partial charge in [0.25, 0.3) is 0 Å². The van der Waals surface area contributed by atoms with Gasteiger partial charge in [-0.15, -0.1) is 0 Å². The van der Waals surface area contributed by atoms with E-state index in [1.165, 1.54) is 11.3 Å². The summed E-state index contributed by atoms with van der Waals surface area (Å²) in [4.78, 5) is 2.26. The van der Waals surface area contributed by atoms with E-state index < -0.39 is 0 Å². The number of nitrogens with zero attached hydrogens (tertiary/aromatic N) is 2. The minimum Gasteiger partial charge on any atom is -0.375 e. The highest BCUT2D eigenvalue weighted by Gasteiger charge is 2.27. The van der Waals surface area contributed by atoms with E-state index in [1.54, 1.807) is 0 Å². The molecule has 0 saturated heterocycles. The summed E-state index contributed by atoms with van der Waals surface area (Å²) in [5.74, 6) is 0. The minimum atomic E-state index is -0.387. The number of benzene rings is 1. The number of rotatable bonds is 8. The van der Waals surface area contributed by atoms with Crippen molar-refractivity contribution < 1.29 is 0 Å². The summed E-state index contributed by atoms with van der Waals surface area (Å²) in [6.07, 6.45) is 2.73. The van der Waals surface area contributed by atoms with Crippen molar-refractivity contribution in [2.75, 3.05) is 18.5 Å². The Hall–Kier alpha value is -1.53. The Labute approximate surface area is 130 Å². The smallest absolute Gasteiger partial charge is 0.106 e. The third-order valence-electron chi connectivity index (χ3n) is 3.95. The predicted molar refractivity (Wildman–Crippen MR) is 90.6 cm³/mol. The number of nitrogens with one attached hydrogen (secondary N) is 1. The fourth-order valence-electron chi connectivity index (χ4n) is 2.62. The zero-order valence-corrected chi connectivity index (χ0v) is 14.1. The van der Waals surface area contributed by atoms with Crippen LogP contribution in [0.25, 0.3) is 0 Å². The molecule has 1 aromatic rings. The average molecular weight is 287 g/mol. The van der Waals surface area contributed by atoms with Crippen molar-refractivity contribution in [3.05, 3.63) is 29.8 Å². The Kier molecular flexibility index (Phi) is 6.71. The monoisotopic (exact) mass is 287 g/mol. The summed E-state index contributed by atoms with van der Waals surface area (Å²) in [6, 6.07) is 11.4. The third kappa shape index (κ3) is 5.40. The molecule has 0 saturated carbocycles. The quantitative estimate of drug-likeness (QED) is 0.788. The van der Waals surface area contributed by atoms with E-state index >= 15 is 0 Å². The van der Waals surface area contributed by atoms with E-state index in [0.29, 0.717) is 6.04 Å². The molecular weight excluding hydrogens is 258 g/mol. The van der Waals surface area contributed by atoms with Crippen LogP contribution in [0, 0.1) is 18.3 Å². The van der Waals surface area contributed by atoms with E-state index in [-0.39, 0.29) is 5.54 Å². The molecule has 0 aliphatic rings. The number of hydrogen-bond acceptors (Lipinski definition) is 3. The zero-order chi connectivity index (χ0) is 15.9. The van der Waals surface area contributed by atoms with Crippen LogP contribution in [0.5, 0.6) is 0 Å². The van der Waals surface area contributed by atoms with Gasteiger partial charge in [0, 0.05) is 25.3 Å². The van der Waals surface area contributed by atoms with Gasteiger partial charge < -0.3 is 4.90 Å². The van der Waals surface area contributed by atoms with Crippen molar-refractivity contribution >= 4 is 5.69 Å². The molecule has 3 nitrogen and oxygen atoms in total. The van der Waals surface area contributed by atoms with Crippen molar-refractivity contribution in [2.45, 2.75) is 58.5 Å². The number of nitriles is 1. The van der Waals surface area contributed by atoms with Gasteiger partial charge in [-0.05, 0) is 52.2 Å². The Morgan fingerprint density at radius 1 is 1.29 bits per heavy atom. The Bertz CT molecular complexity index is 458. The molecule has 0 fully saturated rings. The van der Waals surface area contributed by atoms with Gasteiger partial charge >= 0.3 is 0 Å².